The summed E-state index contributed by atoms with van der Waals surface area (Å²) in [4.78, 5) is 29.8. The van der Waals surface area contributed by atoms with Crippen molar-refractivity contribution in [3.63, 3.8) is 0 Å². The minimum Gasteiger partial charge on any atom is -0.445 e. The smallest absolute Gasteiger partial charge is 0.408 e. The van der Waals surface area contributed by atoms with Gasteiger partial charge in [0.2, 0.25) is 5.91 Å². The van der Waals surface area contributed by atoms with E-state index in [1.807, 2.05) is 78.8 Å². The number of alkyl halides is 3. The molecular weight excluding hydrogens is 812 g/mol. The summed E-state index contributed by atoms with van der Waals surface area (Å²) in [5.74, 6) is 2.52. The van der Waals surface area contributed by atoms with Crippen LogP contribution in [0.4, 0.5) is 18.0 Å². The molecule has 64 heavy (non-hydrogen) atoms. The molecule has 1 aliphatic carbocycles. The van der Waals surface area contributed by atoms with Crippen molar-refractivity contribution in [3.8, 4) is 12.8 Å². The van der Waals surface area contributed by atoms with Crippen molar-refractivity contribution in [3.05, 3.63) is 53.6 Å². The van der Waals surface area contributed by atoms with Gasteiger partial charge in [-0.25, -0.2) is 9.78 Å². The molecule has 2 aliphatic rings. The quantitative estimate of drug-likeness (QED) is 0.105. The number of carbonyl (C=O) groups is 2. The first kappa shape index (κ1) is 69.2. The molecule has 2 aromatic rings. The molecule has 4 N–H and O–H groups in total. The summed E-state index contributed by atoms with van der Waals surface area (Å²) in [7, 11) is 0. The molecule has 11 heteroatoms. The summed E-state index contributed by atoms with van der Waals surface area (Å²) in [6, 6.07) is 8.71. The van der Waals surface area contributed by atoms with Gasteiger partial charge in [0.25, 0.3) is 0 Å². The molecule has 3 atom stereocenters. The molecule has 1 saturated carbocycles. The average molecular weight is 910 g/mol. The average Bonchev–Trinajstić information content (AvgIpc) is 3.91. The second-order valence-electron chi connectivity index (χ2n) is 16.5. The number of aromatic amines is 1. The fourth-order valence-corrected chi connectivity index (χ4v) is 5.72. The number of nitrogens with one attached hydrogen (secondary N) is 4. The molecular formula is C53H98F3N5O3. The number of H-pyrrole nitrogens is 1. The Bertz CT molecular complexity index is 1380. The molecule has 0 radical (unpaired) electrons. The zero-order chi connectivity index (χ0) is 50.8. The van der Waals surface area contributed by atoms with Crippen LogP contribution in [0, 0.1) is 47.8 Å². The lowest BCUT2D eigenvalue weighted by atomic mass is 9.85. The van der Waals surface area contributed by atoms with Gasteiger partial charge < -0.3 is 25.8 Å². The van der Waals surface area contributed by atoms with Crippen LogP contribution >= 0.6 is 0 Å². The topological polar surface area (TPSA) is 120 Å². The summed E-state index contributed by atoms with van der Waals surface area (Å²) in [5, 5.41) is 12.3. The van der Waals surface area contributed by atoms with Crippen LogP contribution in [-0.2, 0) is 16.1 Å². The molecule has 1 aliphatic heterocycles. The molecule has 2 amide bonds. The largest absolute Gasteiger partial charge is 0.445 e. The summed E-state index contributed by atoms with van der Waals surface area (Å²) < 4.78 is 44.4. The van der Waals surface area contributed by atoms with E-state index in [9.17, 15) is 22.8 Å². The Hall–Kier alpha value is -3.81. The van der Waals surface area contributed by atoms with Gasteiger partial charge in [-0.3, -0.25) is 4.79 Å². The fraction of sp³-hybridized carbons (Fsp3) is 0.736. The molecule has 2 fully saturated rings. The summed E-state index contributed by atoms with van der Waals surface area (Å²) in [5.41, 5.74) is 1.28. The van der Waals surface area contributed by atoms with E-state index < -0.39 is 23.7 Å². The van der Waals surface area contributed by atoms with E-state index in [4.69, 9.17) is 10.1 Å². The Kier molecular flexibility index (Phi) is 46.6. The maximum Gasteiger partial charge on any atom is 0.408 e. The first-order valence-corrected chi connectivity index (χ1v) is 24.5. The van der Waals surface area contributed by atoms with Crippen molar-refractivity contribution in [1.82, 2.24) is 20.6 Å². The number of aromatic nitrogens is 2. The van der Waals surface area contributed by atoms with E-state index >= 15 is 0 Å². The molecule has 1 aromatic carbocycles. The minimum absolute atomic E-state index is 0.0408. The number of benzene rings is 1. The second kappa shape index (κ2) is 43.1. The SMILES string of the molecule is C#C.CC.CC.CC.CC1CCC(=O)NC1.CCC(C)=N.CCCC.CCCC1(CC(C)CC)CC1.Cc1ncc(C(CCCC(C)(C)C(F)(F)F)NC(=O)OCc2ccccc2)[nH]1. The first-order valence-electron chi connectivity index (χ1n) is 24.5. The molecule has 0 bridgehead atoms. The highest BCUT2D eigenvalue weighted by atomic mass is 19.4. The summed E-state index contributed by atoms with van der Waals surface area (Å²) in [6.45, 7) is 34.4. The van der Waals surface area contributed by atoms with Crippen LogP contribution in [0.2, 0.25) is 0 Å². The van der Waals surface area contributed by atoms with Gasteiger partial charge in [0.1, 0.15) is 12.4 Å². The number of carbonyl (C=O) groups excluding carboxylic acids is 2. The van der Waals surface area contributed by atoms with Gasteiger partial charge in [-0.15, -0.1) is 12.8 Å². The highest BCUT2D eigenvalue weighted by Crippen LogP contribution is 2.54. The first-order chi connectivity index (χ1) is 30.3. The monoisotopic (exact) mass is 910 g/mol. The maximum atomic E-state index is 13.0. The van der Waals surface area contributed by atoms with Gasteiger partial charge in [0, 0.05) is 18.7 Å². The highest BCUT2D eigenvalue weighted by molar-refractivity contribution is 5.78. The van der Waals surface area contributed by atoms with Gasteiger partial charge >= 0.3 is 12.3 Å². The zero-order valence-electron chi connectivity index (χ0n) is 44.0. The van der Waals surface area contributed by atoms with Crippen LogP contribution in [0.1, 0.15) is 224 Å². The Balaban J connectivity index is -0.000000263. The van der Waals surface area contributed by atoms with Crippen LogP contribution in [0.25, 0.3) is 0 Å². The number of piperidine rings is 1. The van der Waals surface area contributed by atoms with E-state index in [1.165, 1.54) is 65.2 Å². The molecule has 2 heterocycles. The van der Waals surface area contributed by atoms with E-state index in [-0.39, 0.29) is 25.4 Å². The number of alkyl carbamates (subject to hydrolysis) is 1. The van der Waals surface area contributed by atoms with E-state index in [0.29, 0.717) is 23.9 Å². The van der Waals surface area contributed by atoms with Gasteiger partial charge in [0.05, 0.1) is 23.3 Å². The summed E-state index contributed by atoms with van der Waals surface area (Å²) >= 11 is 0. The van der Waals surface area contributed by atoms with Gasteiger partial charge in [-0.05, 0) is 88.0 Å². The van der Waals surface area contributed by atoms with Crippen LogP contribution < -0.4 is 10.6 Å². The summed E-state index contributed by atoms with van der Waals surface area (Å²) in [6.07, 6.45) is 19.3. The number of ether oxygens (including phenoxy) is 1. The third-order valence-electron chi connectivity index (χ3n) is 10.4. The number of halogens is 3. The number of imidazole rings is 1. The van der Waals surface area contributed by atoms with Crippen LogP contribution in [0.5, 0.6) is 0 Å². The Morgan fingerprint density at radius 2 is 1.52 bits per heavy atom. The zero-order valence-corrected chi connectivity index (χ0v) is 44.0. The van der Waals surface area contributed by atoms with Gasteiger partial charge in [-0.2, -0.15) is 13.2 Å². The minimum atomic E-state index is -4.27. The number of rotatable bonds is 15. The Morgan fingerprint density at radius 3 is 1.88 bits per heavy atom. The Labute approximate surface area is 392 Å². The molecule has 0 spiro atoms. The molecule has 1 saturated heterocycles. The van der Waals surface area contributed by atoms with Gasteiger partial charge in [-0.1, -0.05) is 166 Å². The lowest BCUT2D eigenvalue weighted by Crippen LogP contribution is -2.33. The molecule has 4 rings (SSSR count). The van der Waals surface area contributed by atoms with Gasteiger partial charge in [0.15, 0.2) is 0 Å². The number of aryl methyl sites for hydroxylation is 1. The third kappa shape index (κ3) is 37.6. The number of nitrogens with zero attached hydrogens (tertiary/aromatic N) is 1. The number of hydrogen-bond acceptors (Lipinski definition) is 5. The van der Waals surface area contributed by atoms with Crippen LogP contribution in [0.3, 0.4) is 0 Å². The molecule has 1 aromatic heterocycles. The number of amides is 2. The fourth-order valence-electron chi connectivity index (χ4n) is 5.72. The highest BCUT2D eigenvalue weighted by Gasteiger charge is 2.46. The van der Waals surface area contributed by atoms with Crippen molar-refractivity contribution < 1.29 is 27.5 Å². The number of terminal acetylenes is 1. The van der Waals surface area contributed by atoms with Crippen molar-refractivity contribution in [2.45, 2.75) is 226 Å². The lowest BCUT2D eigenvalue weighted by Gasteiger charge is -2.28. The van der Waals surface area contributed by atoms with Crippen molar-refractivity contribution >= 4 is 17.7 Å². The van der Waals surface area contributed by atoms with Crippen molar-refractivity contribution in [2.75, 3.05) is 6.54 Å². The van der Waals surface area contributed by atoms with E-state index in [2.05, 4.69) is 75.0 Å². The van der Waals surface area contributed by atoms with Crippen molar-refractivity contribution in [1.29, 1.82) is 5.41 Å². The standard InChI is InChI=1S/C20H26F3N3O2.C11H22.C6H11NO.C4H9N.C4H10.3C2H6.C2H2/c1-14-24-12-17(25-14)16(10-7-11-19(2,3)20(21,22)23)26-18(27)28-13-15-8-5-4-6-9-15;1-4-6-11(7-8-11)9-10(3)5-2;1-5-2-3-6(8)7-4-5;1-3-4(2)5;1-3-4-2;4*1-2/h4-6,8-9,12,16H,7,10-11,13H2,1-3H3,(H,24,25)(H,26,27);10H,4-9H2,1-3H3;5H,2-4H2,1H3,(H,7,8);5H,3H2,1-2H3;3-4H2,1-2H3;3*1-2H3;1-2H. The van der Waals surface area contributed by atoms with Crippen molar-refractivity contribution in [2.24, 2.45) is 22.7 Å². The van der Waals surface area contributed by atoms with Crippen LogP contribution in [-0.4, -0.2) is 40.4 Å². The molecule has 374 valence electrons. The molecule has 3 unspecified atom stereocenters. The van der Waals surface area contributed by atoms with Crippen LogP contribution in [0.15, 0.2) is 36.5 Å². The normalized spacial score (nSPS) is 14.8. The van der Waals surface area contributed by atoms with E-state index in [1.54, 1.807) is 20.0 Å². The molecule has 8 nitrogen and oxygen atoms in total. The third-order valence-corrected chi connectivity index (χ3v) is 10.4. The van der Waals surface area contributed by atoms with E-state index in [0.717, 1.165) is 48.4 Å². The number of hydrogen-bond donors (Lipinski definition) is 4. The number of unbranched alkanes of at least 4 members (excludes halogenated alkanes) is 1. The Morgan fingerprint density at radius 1 is 0.984 bits per heavy atom. The maximum absolute atomic E-state index is 13.0. The lowest BCUT2D eigenvalue weighted by molar-refractivity contribution is -0.214. The predicted octanol–water partition coefficient (Wildman–Crippen LogP) is 16.6. The predicted molar refractivity (Wildman–Crippen MR) is 270 cm³/mol. The second-order valence-corrected chi connectivity index (χ2v) is 16.5.